The van der Waals surface area contributed by atoms with Gasteiger partial charge < -0.3 is 15.4 Å². The van der Waals surface area contributed by atoms with E-state index in [4.69, 9.17) is 4.74 Å². The fourth-order valence-electron chi connectivity index (χ4n) is 2.00. The van der Waals surface area contributed by atoms with Crippen LogP contribution in [0.15, 0.2) is 41.8 Å². The number of anilines is 1. The van der Waals surface area contributed by atoms with Gasteiger partial charge in [-0.25, -0.2) is 4.79 Å². The zero-order chi connectivity index (χ0) is 17.5. The molecule has 0 saturated carbocycles. The van der Waals surface area contributed by atoms with Gasteiger partial charge in [0.25, 0.3) is 5.91 Å². The molecule has 0 saturated heterocycles. The molecule has 24 heavy (non-hydrogen) atoms. The molecule has 0 aliphatic heterocycles. The van der Waals surface area contributed by atoms with Gasteiger partial charge in [-0.1, -0.05) is 6.07 Å². The fourth-order valence-corrected chi connectivity index (χ4v) is 2.73. The number of ether oxygens (including phenoxy) is 1. The minimum absolute atomic E-state index is 0.131. The molecule has 2 aromatic rings. The Morgan fingerprint density at radius 1 is 1.17 bits per heavy atom. The molecule has 0 radical (unpaired) electrons. The predicted octanol–water partition coefficient (Wildman–Crippen LogP) is 2.74. The average Bonchev–Trinajstić information content (AvgIpc) is 3.07. The van der Waals surface area contributed by atoms with Gasteiger partial charge in [0.1, 0.15) is 0 Å². The first-order chi connectivity index (χ1) is 11.5. The van der Waals surface area contributed by atoms with E-state index in [1.54, 1.807) is 23.5 Å². The number of carbonyl (C=O) groups is 3. The van der Waals surface area contributed by atoms with Gasteiger partial charge >= 0.3 is 5.97 Å². The number of esters is 1. The van der Waals surface area contributed by atoms with Gasteiger partial charge in [-0.05, 0) is 42.6 Å². The third-order valence-corrected chi connectivity index (χ3v) is 4.18. The summed E-state index contributed by atoms with van der Waals surface area (Å²) in [6, 6.07) is 9.95. The summed E-state index contributed by atoms with van der Waals surface area (Å²) >= 11 is 1.55. The van der Waals surface area contributed by atoms with Gasteiger partial charge in [-0.15, -0.1) is 11.3 Å². The maximum absolute atomic E-state index is 11.9. The Morgan fingerprint density at radius 2 is 1.88 bits per heavy atom. The van der Waals surface area contributed by atoms with Crippen LogP contribution in [0.2, 0.25) is 0 Å². The first-order valence-corrected chi connectivity index (χ1v) is 8.21. The molecular formula is C17H18N2O4S. The molecular weight excluding hydrogens is 328 g/mol. The zero-order valence-electron chi connectivity index (χ0n) is 13.4. The number of amides is 2. The minimum atomic E-state index is -0.594. The summed E-state index contributed by atoms with van der Waals surface area (Å²) in [5.41, 5.74) is 0.893. The van der Waals surface area contributed by atoms with Crippen molar-refractivity contribution < 1.29 is 19.1 Å². The van der Waals surface area contributed by atoms with Crippen molar-refractivity contribution in [3.8, 4) is 0 Å². The standard InChI is InChI=1S/C17H18N2O4S/c1-11(15-4-3-9-24-15)18-16(21)10-23-17(22)13-5-7-14(8-6-13)19-12(2)20/h3-9,11H,10H2,1-2H3,(H,18,21)(H,19,20)/t11-/m1/s1. The molecule has 2 N–H and O–H groups in total. The van der Waals surface area contributed by atoms with Crippen LogP contribution >= 0.6 is 11.3 Å². The Labute approximate surface area is 143 Å². The summed E-state index contributed by atoms with van der Waals surface area (Å²) in [5.74, 6) is -1.15. The number of hydrogen-bond acceptors (Lipinski definition) is 5. The Kier molecular flexibility index (Phi) is 6.08. The topological polar surface area (TPSA) is 84.5 Å². The molecule has 6 nitrogen and oxygen atoms in total. The normalized spacial score (nSPS) is 11.4. The van der Waals surface area contributed by atoms with E-state index >= 15 is 0 Å². The van der Waals surface area contributed by atoms with Gasteiger partial charge in [0, 0.05) is 17.5 Å². The van der Waals surface area contributed by atoms with Crippen LogP contribution in [-0.2, 0) is 14.3 Å². The van der Waals surface area contributed by atoms with Crippen LogP contribution in [-0.4, -0.2) is 24.4 Å². The number of nitrogens with one attached hydrogen (secondary N) is 2. The van der Waals surface area contributed by atoms with Crippen molar-refractivity contribution in [2.45, 2.75) is 19.9 Å². The van der Waals surface area contributed by atoms with Crippen molar-refractivity contribution in [2.24, 2.45) is 0 Å². The highest BCUT2D eigenvalue weighted by atomic mass is 32.1. The molecule has 2 rings (SSSR count). The van der Waals surface area contributed by atoms with Crippen molar-refractivity contribution in [3.05, 3.63) is 52.2 Å². The van der Waals surface area contributed by atoms with Gasteiger partial charge in [-0.2, -0.15) is 0 Å². The summed E-state index contributed by atoms with van der Waals surface area (Å²) in [5, 5.41) is 7.30. The molecule has 1 atom stereocenters. The Balaban J connectivity index is 1.81. The van der Waals surface area contributed by atoms with Gasteiger partial charge in [0.05, 0.1) is 11.6 Å². The summed E-state index contributed by atoms with van der Waals surface area (Å²) in [6.45, 7) is 2.92. The average molecular weight is 346 g/mol. The molecule has 126 valence electrons. The minimum Gasteiger partial charge on any atom is -0.452 e. The highest BCUT2D eigenvalue weighted by Crippen LogP contribution is 2.17. The summed E-state index contributed by atoms with van der Waals surface area (Å²) in [7, 11) is 0. The molecule has 0 bridgehead atoms. The van der Waals surface area contributed by atoms with Crippen molar-refractivity contribution in [1.82, 2.24) is 5.32 Å². The Morgan fingerprint density at radius 3 is 2.46 bits per heavy atom. The van der Waals surface area contributed by atoms with Crippen LogP contribution in [0.1, 0.15) is 35.1 Å². The molecule has 1 heterocycles. The van der Waals surface area contributed by atoms with E-state index in [1.807, 2.05) is 24.4 Å². The monoisotopic (exact) mass is 346 g/mol. The fraction of sp³-hybridized carbons (Fsp3) is 0.235. The SMILES string of the molecule is CC(=O)Nc1ccc(C(=O)OCC(=O)N[C@H](C)c2cccs2)cc1. The van der Waals surface area contributed by atoms with Crippen LogP contribution in [0.4, 0.5) is 5.69 Å². The van der Waals surface area contributed by atoms with E-state index in [-0.39, 0.29) is 24.5 Å². The maximum atomic E-state index is 11.9. The summed E-state index contributed by atoms with van der Waals surface area (Å²) in [6.07, 6.45) is 0. The smallest absolute Gasteiger partial charge is 0.338 e. The molecule has 7 heteroatoms. The number of benzene rings is 1. The number of thiophene rings is 1. The van der Waals surface area contributed by atoms with Crippen molar-refractivity contribution in [1.29, 1.82) is 0 Å². The molecule has 0 fully saturated rings. The number of rotatable bonds is 6. The lowest BCUT2D eigenvalue weighted by molar-refractivity contribution is -0.124. The third kappa shape index (κ3) is 5.20. The maximum Gasteiger partial charge on any atom is 0.338 e. The highest BCUT2D eigenvalue weighted by molar-refractivity contribution is 7.10. The molecule has 0 spiro atoms. The number of hydrogen-bond donors (Lipinski definition) is 2. The second-order valence-corrected chi connectivity index (χ2v) is 6.12. The molecule has 1 aromatic carbocycles. The van der Waals surface area contributed by atoms with Crippen LogP contribution in [0.25, 0.3) is 0 Å². The molecule has 0 unspecified atom stereocenters. The first kappa shape index (κ1) is 17.7. The lowest BCUT2D eigenvalue weighted by Gasteiger charge is -2.12. The highest BCUT2D eigenvalue weighted by Gasteiger charge is 2.13. The van der Waals surface area contributed by atoms with Gasteiger partial charge in [0.15, 0.2) is 6.61 Å². The second-order valence-electron chi connectivity index (χ2n) is 5.14. The Bertz CT molecular complexity index is 711. The van der Waals surface area contributed by atoms with Gasteiger partial charge in [-0.3, -0.25) is 9.59 Å². The molecule has 0 aliphatic rings. The molecule has 2 amide bonds. The van der Waals surface area contributed by atoms with E-state index in [0.717, 1.165) is 4.88 Å². The lowest BCUT2D eigenvalue weighted by Crippen LogP contribution is -2.30. The third-order valence-electron chi connectivity index (χ3n) is 3.12. The van der Waals surface area contributed by atoms with E-state index in [9.17, 15) is 14.4 Å². The quantitative estimate of drug-likeness (QED) is 0.788. The van der Waals surface area contributed by atoms with Crippen LogP contribution < -0.4 is 10.6 Å². The van der Waals surface area contributed by atoms with Crippen molar-refractivity contribution in [3.63, 3.8) is 0 Å². The summed E-state index contributed by atoms with van der Waals surface area (Å²) < 4.78 is 4.99. The van der Waals surface area contributed by atoms with Crippen LogP contribution in [0.5, 0.6) is 0 Å². The van der Waals surface area contributed by atoms with Crippen LogP contribution in [0, 0.1) is 0 Å². The summed E-state index contributed by atoms with van der Waals surface area (Å²) in [4.78, 5) is 35.7. The van der Waals surface area contributed by atoms with E-state index in [0.29, 0.717) is 11.3 Å². The predicted molar refractivity (Wildman–Crippen MR) is 91.9 cm³/mol. The number of carbonyl (C=O) groups excluding carboxylic acids is 3. The Hall–Kier alpha value is -2.67. The van der Waals surface area contributed by atoms with Gasteiger partial charge in [0.2, 0.25) is 5.91 Å². The lowest BCUT2D eigenvalue weighted by atomic mass is 10.2. The van der Waals surface area contributed by atoms with Crippen LogP contribution in [0.3, 0.4) is 0 Å². The molecule has 1 aromatic heterocycles. The van der Waals surface area contributed by atoms with E-state index in [1.165, 1.54) is 19.1 Å². The van der Waals surface area contributed by atoms with Crippen molar-refractivity contribution >= 4 is 34.8 Å². The largest absolute Gasteiger partial charge is 0.452 e. The first-order valence-electron chi connectivity index (χ1n) is 7.33. The molecule has 0 aliphatic carbocycles. The second kappa shape index (κ2) is 8.26. The van der Waals surface area contributed by atoms with E-state index in [2.05, 4.69) is 10.6 Å². The zero-order valence-corrected chi connectivity index (χ0v) is 14.2. The van der Waals surface area contributed by atoms with E-state index < -0.39 is 5.97 Å². The van der Waals surface area contributed by atoms with Crippen molar-refractivity contribution in [2.75, 3.05) is 11.9 Å².